The van der Waals surface area contributed by atoms with E-state index in [4.69, 9.17) is 4.74 Å². The molecular formula is C26H30N2O2. The minimum atomic E-state index is 0.0665. The van der Waals surface area contributed by atoms with Gasteiger partial charge >= 0.3 is 0 Å². The highest BCUT2D eigenvalue weighted by atomic mass is 16.5. The Hall–Kier alpha value is -2.59. The fourth-order valence-corrected chi connectivity index (χ4v) is 5.48. The maximum Gasteiger partial charge on any atom is 0.253 e. The molecule has 2 bridgehead atoms. The first-order valence-corrected chi connectivity index (χ1v) is 11.3. The summed E-state index contributed by atoms with van der Waals surface area (Å²) in [5.41, 5.74) is 5.89. The number of amides is 1. The van der Waals surface area contributed by atoms with Crippen molar-refractivity contribution in [1.29, 1.82) is 0 Å². The zero-order chi connectivity index (χ0) is 20.8. The van der Waals surface area contributed by atoms with Crippen LogP contribution in [0, 0.1) is 0 Å². The maximum absolute atomic E-state index is 12.9. The molecule has 0 aromatic heterocycles. The third-order valence-electron chi connectivity index (χ3n) is 7.23. The number of ether oxygens (including phenoxy) is 1. The Morgan fingerprint density at radius 1 is 1.00 bits per heavy atom. The zero-order valence-electron chi connectivity index (χ0n) is 18.1. The topological polar surface area (TPSA) is 32.8 Å². The molecule has 0 spiro atoms. The Kier molecular flexibility index (Phi) is 4.90. The highest BCUT2D eigenvalue weighted by Crippen LogP contribution is 2.49. The van der Waals surface area contributed by atoms with Gasteiger partial charge < -0.3 is 9.64 Å². The molecule has 2 aromatic rings. The summed E-state index contributed by atoms with van der Waals surface area (Å²) in [4.78, 5) is 17.3. The predicted molar refractivity (Wildman–Crippen MR) is 120 cm³/mol. The summed E-state index contributed by atoms with van der Waals surface area (Å²) in [5.74, 6) is 1.77. The second-order valence-electron chi connectivity index (χ2n) is 8.72. The Balaban J connectivity index is 1.62. The van der Waals surface area contributed by atoms with Crippen molar-refractivity contribution < 1.29 is 9.53 Å². The van der Waals surface area contributed by atoms with E-state index >= 15 is 0 Å². The molecule has 4 nitrogen and oxygen atoms in total. The van der Waals surface area contributed by atoms with Crippen molar-refractivity contribution in [2.24, 2.45) is 0 Å². The number of fused-ring (bicyclic) bond motifs is 4. The largest absolute Gasteiger partial charge is 0.456 e. The first-order chi connectivity index (χ1) is 14.6. The first-order valence-electron chi connectivity index (χ1n) is 11.3. The zero-order valence-corrected chi connectivity index (χ0v) is 18.1. The van der Waals surface area contributed by atoms with Crippen molar-refractivity contribution in [2.75, 3.05) is 20.1 Å². The molecule has 0 N–H and O–H groups in total. The van der Waals surface area contributed by atoms with Crippen molar-refractivity contribution >= 4 is 11.5 Å². The smallest absolute Gasteiger partial charge is 0.253 e. The standard InChI is InChI=1S/C26H30N2O2/c1-4-28(5-2)26(29)17-10-13-22-24(16-17)30-23-9-7-6-8-21(23)25(22)18-14-19-11-12-20(15-18)27(19)3/h6-10,13,16,19-20H,4-5,11-12,14-15H2,1-3H3. The summed E-state index contributed by atoms with van der Waals surface area (Å²) in [5, 5.41) is 0. The van der Waals surface area contributed by atoms with Crippen LogP contribution in [-0.4, -0.2) is 47.9 Å². The van der Waals surface area contributed by atoms with Crippen LogP contribution in [0.5, 0.6) is 11.5 Å². The van der Waals surface area contributed by atoms with Crippen LogP contribution >= 0.6 is 0 Å². The van der Waals surface area contributed by atoms with Gasteiger partial charge in [-0.1, -0.05) is 23.8 Å². The number of hydrogen-bond donors (Lipinski definition) is 0. The lowest BCUT2D eigenvalue weighted by atomic mass is 9.84. The molecule has 3 heterocycles. The summed E-state index contributed by atoms with van der Waals surface area (Å²) in [7, 11) is 2.28. The molecule has 2 unspecified atom stereocenters. The van der Waals surface area contributed by atoms with Gasteiger partial charge in [-0.3, -0.25) is 9.69 Å². The van der Waals surface area contributed by atoms with E-state index in [0.29, 0.717) is 30.7 Å². The Labute approximate surface area is 179 Å². The molecule has 0 saturated carbocycles. The van der Waals surface area contributed by atoms with E-state index in [2.05, 4.69) is 30.1 Å². The van der Waals surface area contributed by atoms with Gasteiger partial charge in [0.15, 0.2) is 0 Å². The number of nitrogens with zero attached hydrogens (tertiary/aromatic N) is 2. The number of rotatable bonds is 3. The van der Waals surface area contributed by atoms with E-state index in [1.165, 1.54) is 24.0 Å². The van der Waals surface area contributed by atoms with Crippen molar-refractivity contribution in [3.8, 4) is 11.5 Å². The number of piperidine rings is 1. The van der Waals surface area contributed by atoms with E-state index in [1.807, 2.05) is 43.0 Å². The molecular weight excluding hydrogens is 372 g/mol. The summed E-state index contributed by atoms with van der Waals surface area (Å²) in [6, 6.07) is 15.6. The molecule has 4 heteroatoms. The molecule has 3 aliphatic rings. The molecule has 0 aliphatic carbocycles. The number of carbonyl (C=O) groups excluding carboxylic acids is 1. The molecule has 2 saturated heterocycles. The Morgan fingerprint density at radius 2 is 1.67 bits per heavy atom. The third-order valence-corrected chi connectivity index (χ3v) is 7.23. The predicted octanol–water partition coefficient (Wildman–Crippen LogP) is 5.33. The molecule has 2 atom stereocenters. The second-order valence-corrected chi connectivity index (χ2v) is 8.72. The molecule has 0 radical (unpaired) electrons. The highest BCUT2D eigenvalue weighted by molar-refractivity contribution is 5.97. The van der Waals surface area contributed by atoms with Gasteiger partial charge in [0.25, 0.3) is 5.91 Å². The molecule has 156 valence electrons. The van der Waals surface area contributed by atoms with Crippen LogP contribution in [0.15, 0.2) is 48.0 Å². The lowest BCUT2D eigenvalue weighted by Crippen LogP contribution is -2.37. The minimum Gasteiger partial charge on any atom is -0.456 e. The quantitative estimate of drug-likeness (QED) is 0.593. The Bertz CT molecular complexity index is 1010. The van der Waals surface area contributed by atoms with Crippen LogP contribution < -0.4 is 4.74 Å². The number of carbonyl (C=O) groups is 1. The van der Waals surface area contributed by atoms with Crippen LogP contribution in [0.1, 0.15) is 61.0 Å². The van der Waals surface area contributed by atoms with E-state index in [9.17, 15) is 4.79 Å². The first kappa shape index (κ1) is 19.4. The van der Waals surface area contributed by atoms with Gasteiger partial charge in [0.05, 0.1) is 0 Å². The van der Waals surface area contributed by atoms with Crippen LogP contribution in [0.3, 0.4) is 0 Å². The summed E-state index contributed by atoms with van der Waals surface area (Å²) in [6.07, 6.45) is 4.83. The minimum absolute atomic E-state index is 0.0665. The van der Waals surface area contributed by atoms with Gasteiger partial charge in [0.1, 0.15) is 11.5 Å². The van der Waals surface area contributed by atoms with Crippen LogP contribution in [0.4, 0.5) is 0 Å². The van der Waals surface area contributed by atoms with Gasteiger partial charge in [-0.25, -0.2) is 0 Å². The van der Waals surface area contributed by atoms with Crippen molar-refractivity contribution in [3.63, 3.8) is 0 Å². The third kappa shape index (κ3) is 3.05. The Morgan fingerprint density at radius 3 is 2.37 bits per heavy atom. The summed E-state index contributed by atoms with van der Waals surface area (Å²) < 4.78 is 6.31. The average Bonchev–Trinajstić information content (AvgIpc) is 2.98. The van der Waals surface area contributed by atoms with Crippen LogP contribution in [0.2, 0.25) is 0 Å². The number of hydrogen-bond acceptors (Lipinski definition) is 3. The molecule has 2 aromatic carbocycles. The fourth-order valence-electron chi connectivity index (χ4n) is 5.48. The fraction of sp³-hybridized carbons (Fsp3) is 0.423. The normalized spacial score (nSPS) is 22.4. The van der Waals surface area contributed by atoms with Gasteiger partial charge in [-0.15, -0.1) is 0 Å². The molecule has 5 rings (SSSR count). The van der Waals surface area contributed by atoms with Gasteiger partial charge in [0.2, 0.25) is 0 Å². The van der Waals surface area contributed by atoms with E-state index < -0.39 is 0 Å². The van der Waals surface area contributed by atoms with E-state index in [-0.39, 0.29) is 5.91 Å². The SMILES string of the molecule is CCN(CC)C(=O)c1ccc2c(c1)Oc1ccccc1C2=C1CC2CCC(C1)N2C. The van der Waals surface area contributed by atoms with E-state index in [1.54, 1.807) is 5.57 Å². The molecule has 30 heavy (non-hydrogen) atoms. The monoisotopic (exact) mass is 402 g/mol. The maximum atomic E-state index is 12.9. The lowest BCUT2D eigenvalue weighted by Gasteiger charge is -2.35. The van der Waals surface area contributed by atoms with E-state index in [0.717, 1.165) is 29.9 Å². The van der Waals surface area contributed by atoms with Crippen LogP contribution in [0.25, 0.3) is 5.57 Å². The molecule has 2 fully saturated rings. The average molecular weight is 403 g/mol. The number of para-hydroxylation sites is 1. The highest BCUT2D eigenvalue weighted by Gasteiger charge is 2.38. The van der Waals surface area contributed by atoms with Crippen molar-refractivity contribution in [2.45, 2.75) is 51.6 Å². The van der Waals surface area contributed by atoms with Crippen molar-refractivity contribution in [1.82, 2.24) is 9.80 Å². The summed E-state index contributed by atoms with van der Waals surface area (Å²) >= 11 is 0. The molecule has 1 amide bonds. The van der Waals surface area contributed by atoms with Crippen molar-refractivity contribution in [3.05, 3.63) is 64.7 Å². The molecule has 3 aliphatic heterocycles. The van der Waals surface area contributed by atoms with Gasteiger partial charge in [-0.2, -0.15) is 0 Å². The summed E-state index contributed by atoms with van der Waals surface area (Å²) in [6.45, 7) is 5.45. The second kappa shape index (κ2) is 7.59. The van der Waals surface area contributed by atoms with Gasteiger partial charge in [0, 0.05) is 41.9 Å². The number of benzene rings is 2. The van der Waals surface area contributed by atoms with Crippen LogP contribution in [-0.2, 0) is 0 Å². The van der Waals surface area contributed by atoms with Gasteiger partial charge in [-0.05, 0) is 76.4 Å². The lowest BCUT2D eigenvalue weighted by molar-refractivity contribution is 0.0772.